The molecule has 0 saturated carbocycles. The number of nitrogens with one attached hydrogen (secondary N) is 2. The third-order valence-corrected chi connectivity index (χ3v) is 4.31. The first kappa shape index (κ1) is 14.4. The van der Waals surface area contributed by atoms with Gasteiger partial charge in [-0.1, -0.05) is 0 Å². The second-order valence-corrected chi connectivity index (χ2v) is 6.19. The summed E-state index contributed by atoms with van der Waals surface area (Å²) in [7, 11) is -0.329. The van der Waals surface area contributed by atoms with Crippen molar-refractivity contribution >= 4 is 21.4 Å². The van der Waals surface area contributed by atoms with E-state index in [0.29, 0.717) is 6.54 Å². The molecule has 1 aromatic heterocycles. The van der Waals surface area contributed by atoms with Gasteiger partial charge < -0.3 is 11.1 Å². The quantitative estimate of drug-likeness (QED) is 0.698. The number of rotatable bonds is 5. The van der Waals surface area contributed by atoms with Crippen LogP contribution in [0.3, 0.4) is 0 Å². The minimum absolute atomic E-state index is 0.0759. The number of sulfonamides is 1. The number of aryl methyl sites for hydroxylation is 1. The molecule has 0 unspecified atom stereocenters. The van der Waals surface area contributed by atoms with Crippen molar-refractivity contribution in [2.75, 3.05) is 18.1 Å². The van der Waals surface area contributed by atoms with Gasteiger partial charge in [0.1, 0.15) is 4.90 Å². The molecule has 0 aliphatic heterocycles. The molecule has 0 amide bonds. The highest BCUT2D eigenvalue weighted by Crippen LogP contribution is 2.22. The Labute approximate surface area is 117 Å². The Hall–Kier alpha value is -2.06. The molecular weight excluding hydrogens is 278 g/mol. The lowest BCUT2D eigenvalue weighted by molar-refractivity contribution is 0.588. The van der Waals surface area contributed by atoms with Gasteiger partial charge in [0.2, 0.25) is 10.0 Å². The zero-order chi connectivity index (χ0) is 14.8. The first-order chi connectivity index (χ1) is 9.42. The minimum atomic E-state index is -3.53. The van der Waals surface area contributed by atoms with Gasteiger partial charge in [0, 0.05) is 31.0 Å². The van der Waals surface area contributed by atoms with E-state index < -0.39 is 10.0 Å². The van der Waals surface area contributed by atoms with E-state index in [1.807, 2.05) is 13.2 Å². The molecule has 2 rings (SSSR count). The first-order valence-electron chi connectivity index (χ1n) is 5.97. The van der Waals surface area contributed by atoms with Crippen LogP contribution in [0.1, 0.15) is 5.56 Å². The van der Waals surface area contributed by atoms with Crippen molar-refractivity contribution in [2.24, 2.45) is 7.05 Å². The highest BCUT2D eigenvalue weighted by Gasteiger charge is 2.15. The molecule has 4 N–H and O–H groups in total. The summed E-state index contributed by atoms with van der Waals surface area (Å²) in [5, 5.41) is 7.23. The van der Waals surface area contributed by atoms with Crippen LogP contribution in [0.2, 0.25) is 0 Å². The maximum Gasteiger partial charge on any atom is 0.242 e. The molecule has 0 bridgehead atoms. The van der Waals surface area contributed by atoms with Gasteiger partial charge in [-0.15, -0.1) is 0 Å². The van der Waals surface area contributed by atoms with Crippen LogP contribution in [0, 0.1) is 0 Å². The number of nitrogens with zero attached hydrogens (tertiary/aromatic N) is 2. The van der Waals surface area contributed by atoms with E-state index in [1.54, 1.807) is 23.0 Å². The Balaban J connectivity index is 2.13. The predicted molar refractivity (Wildman–Crippen MR) is 77.6 cm³/mol. The van der Waals surface area contributed by atoms with E-state index in [0.717, 1.165) is 11.3 Å². The largest absolute Gasteiger partial charge is 0.398 e. The Morgan fingerprint density at radius 1 is 1.40 bits per heavy atom. The van der Waals surface area contributed by atoms with Gasteiger partial charge in [-0.2, -0.15) is 5.10 Å². The molecule has 8 heteroatoms. The van der Waals surface area contributed by atoms with Crippen molar-refractivity contribution in [3.63, 3.8) is 0 Å². The molecule has 2 aromatic rings. The molecule has 0 spiro atoms. The van der Waals surface area contributed by atoms with Crippen LogP contribution in [0.15, 0.2) is 35.5 Å². The van der Waals surface area contributed by atoms with Gasteiger partial charge in [-0.05, 0) is 25.2 Å². The van der Waals surface area contributed by atoms with Crippen molar-refractivity contribution in [2.45, 2.75) is 11.4 Å². The van der Waals surface area contributed by atoms with Crippen LogP contribution in [0.4, 0.5) is 11.4 Å². The number of nitrogen functional groups attached to an aromatic ring is 1. The van der Waals surface area contributed by atoms with Crippen molar-refractivity contribution in [3.8, 4) is 0 Å². The number of hydrogen-bond donors (Lipinski definition) is 3. The maximum absolute atomic E-state index is 11.7. The lowest BCUT2D eigenvalue weighted by Crippen LogP contribution is -2.20. The zero-order valence-corrected chi connectivity index (χ0v) is 12.1. The van der Waals surface area contributed by atoms with Crippen LogP contribution < -0.4 is 15.8 Å². The Morgan fingerprint density at radius 2 is 2.15 bits per heavy atom. The fourth-order valence-electron chi connectivity index (χ4n) is 1.78. The van der Waals surface area contributed by atoms with Gasteiger partial charge in [0.05, 0.1) is 11.9 Å². The van der Waals surface area contributed by atoms with Gasteiger partial charge in [0.15, 0.2) is 0 Å². The second-order valence-electron chi connectivity index (χ2n) is 4.34. The molecule has 1 aromatic carbocycles. The van der Waals surface area contributed by atoms with E-state index >= 15 is 0 Å². The topological polar surface area (TPSA) is 102 Å². The van der Waals surface area contributed by atoms with E-state index in [-0.39, 0.29) is 10.6 Å². The molecule has 0 radical (unpaired) electrons. The third-order valence-electron chi connectivity index (χ3n) is 2.82. The minimum Gasteiger partial charge on any atom is -0.398 e. The van der Waals surface area contributed by atoms with Crippen LogP contribution in [0.5, 0.6) is 0 Å². The molecule has 0 aliphatic rings. The fourth-order valence-corrected chi connectivity index (χ4v) is 2.62. The molecule has 0 aliphatic carbocycles. The summed E-state index contributed by atoms with van der Waals surface area (Å²) in [6, 6.07) is 4.75. The normalized spacial score (nSPS) is 11.5. The lowest BCUT2D eigenvalue weighted by Gasteiger charge is -2.10. The number of aromatic nitrogens is 2. The molecule has 20 heavy (non-hydrogen) atoms. The van der Waals surface area contributed by atoms with E-state index in [1.165, 1.54) is 13.1 Å². The summed E-state index contributed by atoms with van der Waals surface area (Å²) < 4.78 is 27.3. The van der Waals surface area contributed by atoms with Crippen LogP contribution in [-0.4, -0.2) is 25.2 Å². The lowest BCUT2D eigenvalue weighted by atomic mass is 10.2. The summed E-state index contributed by atoms with van der Waals surface area (Å²) in [6.45, 7) is 0.589. The molecule has 0 atom stereocenters. The monoisotopic (exact) mass is 295 g/mol. The zero-order valence-electron chi connectivity index (χ0n) is 11.3. The summed E-state index contributed by atoms with van der Waals surface area (Å²) in [5.74, 6) is 0. The van der Waals surface area contributed by atoms with Crippen molar-refractivity contribution < 1.29 is 8.42 Å². The Bertz CT molecular complexity index is 708. The number of benzene rings is 1. The predicted octanol–water partition coefficient (Wildman–Crippen LogP) is 0.522. The average Bonchev–Trinajstić information content (AvgIpc) is 2.82. The van der Waals surface area contributed by atoms with E-state index in [9.17, 15) is 8.42 Å². The van der Waals surface area contributed by atoms with E-state index in [2.05, 4.69) is 15.1 Å². The Kier molecular flexibility index (Phi) is 3.96. The molecular formula is C12H17N5O2S. The van der Waals surface area contributed by atoms with Gasteiger partial charge >= 0.3 is 0 Å². The summed E-state index contributed by atoms with van der Waals surface area (Å²) in [6.07, 6.45) is 3.66. The van der Waals surface area contributed by atoms with Gasteiger partial charge in [0.25, 0.3) is 0 Å². The Morgan fingerprint density at radius 3 is 2.70 bits per heavy atom. The van der Waals surface area contributed by atoms with Crippen molar-refractivity contribution in [1.29, 1.82) is 0 Å². The third kappa shape index (κ3) is 3.09. The smallest absolute Gasteiger partial charge is 0.242 e. The highest BCUT2D eigenvalue weighted by molar-refractivity contribution is 7.89. The molecule has 7 nitrogen and oxygen atoms in total. The molecule has 108 valence electrons. The molecule has 1 heterocycles. The van der Waals surface area contributed by atoms with Gasteiger partial charge in [-0.25, -0.2) is 13.1 Å². The SMILES string of the molecule is CNS(=O)(=O)c1ccc(NCc2cnn(C)c2)cc1N. The van der Waals surface area contributed by atoms with Crippen molar-refractivity contribution in [1.82, 2.24) is 14.5 Å². The summed E-state index contributed by atoms with van der Waals surface area (Å²) in [5.41, 5.74) is 7.76. The summed E-state index contributed by atoms with van der Waals surface area (Å²) >= 11 is 0. The number of anilines is 2. The van der Waals surface area contributed by atoms with Crippen LogP contribution in [0.25, 0.3) is 0 Å². The highest BCUT2D eigenvalue weighted by atomic mass is 32.2. The van der Waals surface area contributed by atoms with Crippen LogP contribution in [-0.2, 0) is 23.6 Å². The standard InChI is InChI=1S/C12H17N5O2S/c1-14-20(18,19)12-4-3-10(5-11(12)13)15-6-9-7-16-17(2)8-9/h3-5,7-8,14-15H,6,13H2,1-2H3. The number of nitrogens with two attached hydrogens (primary N) is 1. The van der Waals surface area contributed by atoms with Crippen LogP contribution >= 0.6 is 0 Å². The first-order valence-corrected chi connectivity index (χ1v) is 7.45. The van der Waals surface area contributed by atoms with E-state index in [4.69, 9.17) is 5.73 Å². The molecule has 0 fully saturated rings. The fraction of sp³-hybridized carbons (Fsp3) is 0.250. The second kappa shape index (κ2) is 5.51. The maximum atomic E-state index is 11.7. The number of hydrogen-bond acceptors (Lipinski definition) is 5. The van der Waals surface area contributed by atoms with Gasteiger partial charge in [-0.3, -0.25) is 4.68 Å². The van der Waals surface area contributed by atoms with Crippen molar-refractivity contribution in [3.05, 3.63) is 36.2 Å². The summed E-state index contributed by atoms with van der Waals surface area (Å²) in [4.78, 5) is 0.0759. The molecule has 0 saturated heterocycles. The average molecular weight is 295 g/mol.